The highest BCUT2D eigenvalue weighted by atomic mass is 19.1. The quantitative estimate of drug-likeness (QED) is 0.882. The van der Waals surface area contributed by atoms with Crippen LogP contribution in [-0.4, -0.2) is 12.0 Å². The fourth-order valence-corrected chi connectivity index (χ4v) is 1.65. The minimum absolute atomic E-state index is 0.193. The third-order valence-electron chi connectivity index (χ3n) is 2.57. The third-order valence-corrected chi connectivity index (χ3v) is 2.57. The van der Waals surface area contributed by atoms with E-state index in [1.54, 1.807) is 24.4 Å². The van der Waals surface area contributed by atoms with Crippen LogP contribution in [0.5, 0.6) is 0 Å². The Labute approximate surface area is 99.7 Å². The van der Waals surface area contributed by atoms with Crippen molar-refractivity contribution in [1.82, 2.24) is 4.98 Å². The minimum atomic E-state index is -0.193. The van der Waals surface area contributed by atoms with Gasteiger partial charge in [-0.3, -0.25) is 0 Å². The molecule has 0 spiro atoms. The Kier molecular flexibility index (Phi) is 3.23. The van der Waals surface area contributed by atoms with Gasteiger partial charge in [0.25, 0.3) is 0 Å². The van der Waals surface area contributed by atoms with Crippen LogP contribution in [0.15, 0.2) is 42.6 Å². The predicted molar refractivity (Wildman–Crippen MR) is 67.2 cm³/mol. The number of nitrogens with zero attached hydrogens (tertiary/aromatic N) is 2. The van der Waals surface area contributed by atoms with Gasteiger partial charge in [0.15, 0.2) is 0 Å². The van der Waals surface area contributed by atoms with E-state index in [0.717, 1.165) is 5.69 Å². The van der Waals surface area contributed by atoms with E-state index >= 15 is 0 Å². The van der Waals surface area contributed by atoms with E-state index in [1.807, 2.05) is 24.1 Å². The van der Waals surface area contributed by atoms with Gasteiger partial charge in [-0.05, 0) is 12.1 Å². The second kappa shape index (κ2) is 4.82. The lowest BCUT2D eigenvalue weighted by atomic mass is 10.2. The Balaban J connectivity index is 2.17. The van der Waals surface area contributed by atoms with Gasteiger partial charge < -0.3 is 10.6 Å². The van der Waals surface area contributed by atoms with E-state index in [2.05, 4.69) is 4.98 Å². The fraction of sp³-hybridized carbons (Fsp3) is 0.154. The molecule has 1 aromatic carbocycles. The van der Waals surface area contributed by atoms with Crippen molar-refractivity contribution < 1.29 is 4.39 Å². The summed E-state index contributed by atoms with van der Waals surface area (Å²) in [6.07, 6.45) is 1.64. The second-order valence-corrected chi connectivity index (χ2v) is 3.89. The van der Waals surface area contributed by atoms with Crippen LogP contribution in [0.25, 0.3) is 0 Å². The smallest absolute Gasteiger partial charge is 0.128 e. The zero-order chi connectivity index (χ0) is 12.3. The number of hydrogen-bond acceptors (Lipinski definition) is 3. The Morgan fingerprint density at radius 1 is 1.29 bits per heavy atom. The van der Waals surface area contributed by atoms with Crippen LogP contribution >= 0.6 is 0 Å². The van der Waals surface area contributed by atoms with Crippen molar-refractivity contribution in [3.63, 3.8) is 0 Å². The number of benzene rings is 1. The van der Waals surface area contributed by atoms with Gasteiger partial charge in [-0.2, -0.15) is 0 Å². The van der Waals surface area contributed by atoms with Gasteiger partial charge in [-0.1, -0.05) is 18.2 Å². The molecule has 2 aromatic rings. The highest BCUT2D eigenvalue weighted by Crippen LogP contribution is 2.17. The number of rotatable bonds is 3. The molecule has 0 bridgehead atoms. The van der Waals surface area contributed by atoms with Gasteiger partial charge in [0.1, 0.15) is 11.6 Å². The monoisotopic (exact) mass is 231 g/mol. The normalized spacial score (nSPS) is 10.2. The summed E-state index contributed by atoms with van der Waals surface area (Å²) in [7, 11) is 1.89. The molecule has 0 saturated heterocycles. The molecule has 0 aliphatic heterocycles. The van der Waals surface area contributed by atoms with E-state index in [9.17, 15) is 4.39 Å². The molecule has 0 unspecified atom stereocenters. The summed E-state index contributed by atoms with van der Waals surface area (Å²) >= 11 is 0. The lowest BCUT2D eigenvalue weighted by Gasteiger charge is -2.19. The van der Waals surface area contributed by atoms with E-state index in [-0.39, 0.29) is 5.82 Å². The first-order chi connectivity index (χ1) is 8.16. The Hall–Kier alpha value is -2.10. The van der Waals surface area contributed by atoms with Crippen LogP contribution in [-0.2, 0) is 6.54 Å². The number of nitrogens with two attached hydrogens (primary N) is 1. The van der Waals surface area contributed by atoms with Gasteiger partial charge in [0, 0.05) is 37.1 Å². The largest absolute Gasteiger partial charge is 0.384 e. The summed E-state index contributed by atoms with van der Waals surface area (Å²) in [5.74, 6) is 0.268. The van der Waals surface area contributed by atoms with Crippen LogP contribution < -0.4 is 10.6 Å². The molecule has 0 saturated carbocycles. The van der Waals surface area contributed by atoms with Crippen LogP contribution in [0.1, 0.15) is 5.56 Å². The first-order valence-electron chi connectivity index (χ1n) is 5.33. The predicted octanol–water partition coefficient (Wildman–Crippen LogP) is 2.44. The number of pyridine rings is 1. The average Bonchev–Trinajstić information content (AvgIpc) is 2.32. The summed E-state index contributed by atoms with van der Waals surface area (Å²) in [6, 6.07) is 10.4. The highest BCUT2D eigenvalue weighted by Gasteiger charge is 2.06. The van der Waals surface area contributed by atoms with Gasteiger partial charge >= 0.3 is 0 Å². The molecule has 0 fully saturated rings. The van der Waals surface area contributed by atoms with E-state index in [0.29, 0.717) is 17.9 Å². The maximum atomic E-state index is 13.5. The Morgan fingerprint density at radius 3 is 2.76 bits per heavy atom. The van der Waals surface area contributed by atoms with Crippen LogP contribution in [0.4, 0.5) is 15.9 Å². The average molecular weight is 231 g/mol. The SMILES string of the molecule is CN(Cc1ccccc1F)c1ccnc(N)c1. The molecule has 4 heteroatoms. The Morgan fingerprint density at radius 2 is 2.06 bits per heavy atom. The summed E-state index contributed by atoms with van der Waals surface area (Å²) in [4.78, 5) is 5.85. The number of hydrogen-bond donors (Lipinski definition) is 1. The number of nitrogen functional groups attached to an aromatic ring is 1. The molecular formula is C13H14FN3. The van der Waals surface area contributed by atoms with Crippen LogP contribution in [0.3, 0.4) is 0 Å². The van der Waals surface area contributed by atoms with Gasteiger partial charge in [0.2, 0.25) is 0 Å². The summed E-state index contributed by atoms with van der Waals surface area (Å²) < 4.78 is 13.5. The zero-order valence-corrected chi connectivity index (χ0v) is 9.60. The lowest BCUT2D eigenvalue weighted by Crippen LogP contribution is -2.17. The van der Waals surface area contributed by atoms with Gasteiger partial charge in [0.05, 0.1) is 0 Å². The van der Waals surface area contributed by atoms with Crippen molar-refractivity contribution in [3.05, 3.63) is 54.0 Å². The van der Waals surface area contributed by atoms with Crippen LogP contribution in [0.2, 0.25) is 0 Å². The first-order valence-corrected chi connectivity index (χ1v) is 5.33. The molecule has 0 radical (unpaired) electrons. The Bertz CT molecular complexity index is 514. The molecule has 0 amide bonds. The molecule has 3 nitrogen and oxygen atoms in total. The molecule has 88 valence electrons. The van der Waals surface area contributed by atoms with Crippen molar-refractivity contribution in [2.24, 2.45) is 0 Å². The highest BCUT2D eigenvalue weighted by molar-refractivity contribution is 5.51. The van der Waals surface area contributed by atoms with E-state index < -0.39 is 0 Å². The van der Waals surface area contributed by atoms with Crippen LogP contribution in [0, 0.1) is 5.82 Å². The molecule has 0 atom stereocenters. The summed E-state index contributed by atoms with van der Waals surface area (Å²) in [5.41, 5.74) is 7.18. The molecule has 1 aromatic heterocycles. The first kappa shape index (κ1) is 11.4. The van der Waals surface area contributed by atoms with Crippen molar-refractivity contribution in [1.29, 1.82) is 0 Å². The maximum absolute atomic E-state index is 13.5. The number of halogens is 1. The minimum Gasteiger partial charge on any atom is -0.384 e. The topological polar surface area (TPSA) is 42.2 Å². The molecular weight excluding hydrogens is 217 g/mol. The van der Waals surface area contributed by atoms with Crippen molar-refractivity contribution in [3.8, 4) is 0 Å². The summed E-state index contributed by atoms with van der Waals surface area (Å²) in [6.45, 7) is 0.496. The molecule has 1 heterocycles. The zero-order valence-electron chi connectivity index (χ0n) is 9.60. The molecule has 2 N–H and O–H groups in total. The van der Waals surface area contributed by atoms with E-state index in [1.165, 1.54) is 6.07 Å². The van der Waals surface area contributed by atoms with Crippen molar-refractivity contribution in [2.75, 3.05) is 17.7 Å². The van der Waals surface area contributed by atoms with Gasteiger partial charge in [-0.15, -0.1) is 0 Å². The van der Waals surface area contributed by atoms with E-state index in [4.69, 9.17) is 5.73 Å². The lowest BCUT2D eigenvalue weighted by molar-refractivity contribution is 0.608. The molecule has 2 rings (SSSR count). The molecule has 17 heavy (non-hydrogen) atoms. The molecule has 0 aliphatic carbocycles. The number of anilines is 2. The third kappa shape index (κ3) is 2.72. The van der Waals surface area contributed by atoms with Gasteiger partial charge in [-0.25, -0.2) is 9.37 Å². The standard InChI is InChI=1S/C13H14FN3/c1-17(11-6-7-16-13(15)8-11)9-10-4-2-3-5-12(10)14/h2-8H,9H2,1H3,(H2,15,16). The fourth-order valence-electron chi connectivity index (χ4n) is 1.65. The summed E-state index contributed by atoms with van der Waals surface area (Å²) in [5, 5.41) is 0. The molecule has 0 aliphatic rings. The maximum Gasteiger partial charge on any atom is 0.128 e. The second-order valence-electron chi connectivity index (χ2n) is 3.89. The number of aromatic nitrogens is 1. The van der Waals surface area contributed by atoms with Crippen molar-refractivity contribution >= 4 is 11.5 Å². The van der Waals surface area contributed by atoms with Crippen molar-refractivity contribution in [2.45, 2.75) is 6.54 Å².